The van der Waals surface area contributed by atoms with Gasteiger partial charge in [-0.25, -0.2) is 4.68 Å². The maximum absolute atomic E-state index is 12.8. The van der Waals surface area contributed by atoms with Crippen LogP contribution in [0, 0.1) is 0 Å². The van der Waals surface area contributed by atoms with Crippen LogP contribution in [0.2, 0.25) is 5.28 Å². The molecule has 3 aromatic rings. The van der Waals surface area contributed by atoms with Crippen LogP contribution in [0.5, 0.6) is 0 Å². The third-order valence-electron chi connectivity index (χ3n) is 6.60. The van der Waals surface area contributed by atoms with Gasteiger partial charge in [-0.05, 0) is 31.0 Å². The molecule has 1 fully saturated rings. The van der Waals surface area contributed by atoms with E-state index in [1.54, 1.807) is 20.0 Å². The van der Waals surface area contributed by atoms with E-state index >= 15 is 0 Å². The number of halogens is 1. The molecular formula is C28H37ClN5O9P. The molecule has 0 saturated carbocycles. The topological polar surface area (TPSA) is 153 Å². The van der Waals surface area contributed by atoms with E-state index in [0.717, 1.165) is 5.56 Å². The highest BCUT2D eigenvalue weighted by atomic mass is 35.5. The van der Waals surface area contributed by atoms with Gasteiger partial charge >= 0.3 is 19.5 Å². The number of carbonyl (C=O) groups excluding carboxylic acids is 2. The summed E-state index contributed by atoms with van der Waals surface area (Å²) in [6.45, 7) is 6.82. The lowest BCUT2D eigenvalue weighted by molar-refractivity contribution is -0.166. The van der Waals surface area contributed by atoms with Crippen LogP contribution in [-0.2, 0) is 48.7 Å². The van der Waals surface area contributed by atoms with Crippen molar-refractivity contribution in [3.63, 3.8) is 0 Å². The first-order valence-corrected chi connectivity index (χ1v) is 16.3. The molecule has 4 atom stereocenters. The van der Waals surface area contributed by atoms with Crippen molar-refractivity contribution in [2.75, 3.05) is 44.5 Å². The van der Waals surface area contributed by atoms with Crippen molar-refractivity contribution in [2.24, 2.45) is 0 Å². The van der Waals surface area contributed by atoms with Gasteiger partial charge in [-0.3, -0.25) is 14.2 Å². The standard InChI is InChI=1S/C28H37ClN5O9P/c1-6-39-44(37,40-7-2)14-13-38-17-22-23(41-18(3)35)24(42-19(4)36)27(43-22)34-26-21(15-30-34)25(31-28(29)32-26)33(5)16-20-11-9-8-10-12-20/h8-12,15,22-24,27H,6-7,13-14,16-17H2,1-5H3/t22-,23-,24-,27-/m1/s1. The fourth-order valence-corrected chi connectivity index (χ4v) is 6.55. The maximum atomic E-state index is 12.8. The first-order chi connectivity index (χ1) is 21.0. The number of fused-ring (bicyclic) bond motifs is 1. The summed E-state index contributed by atoms with van der Waals surface area (Å²) in [7, 11) is -1.46. The monoisotopic (exact) mass is 653 g/mol. The van der Waals surface area contributed by atoms with Gasteiger partial charge in [-0.15, -0.1) is 0 Å². The molecular weight excluding hydrogens is 617 g/mol. The summed E-state index contributed by atoms with van der Waals surface area (Å²) in [6, 6.07) is 9.84. The summed E-state index contributed by atoms with van der Waals surface area (Å²) in [5.41, 5.74) is 1.38. The van der Waals surface area contributed by atoms with Crippen molar-refractivity contribution in [2.45, 2.75) is 58.8 Å². The second-order valence-electron chi connectivity index (χ2n) is 9.94. The first kappa shape index (κ1) is 33.8. The Morgan fingerprint density at radius 3 is 2.34 bits per heavy atom. The molecule has 0 aliphatic carbocycles. The zero-order valence-electron chi connectivity index (χ0n) is 25.3. The zero-order valence-corrected chi connectivity index (χ0v) is 26.9. The third-order valence-corrected chi connectivity index (χ3v) is 8.81. The molecule has 240 valence electrons. The molecule has 0 radical (unpaired) electrons. The van der Waals surface area contributed by atoms with Crippen LogP contribution >= 0.6 is 19.2 Å². The predicted octanol–water partition coefficient (Wildman–Crippen LogP) is 4.16. The molecule has 1 aliphatic rings. The van der Waals surface area contributed by atoms with E-state index < -0.39 is 44.1 Å². The minimum atomic E-state index is -3.33. The summed E-state index contributed by atoms with van der Waals surface area (Å²) in [5, 5.41) is 5.05. The Labute approximate surface area is 260 Å². The van der Waals surface area contributed by atoms with Gasteiger partial charge in [-0.1, -0.05) is 30.3 Å². The van der Waals surface area contributed by atoms with Gasteiger partial charge in [0.05, 0.1) is 44.2 Å². The molecule has 1 saturated heterocycles. The van der Waals surface area contributed by atoms with Gasteiger partial charge in [-0.2, -0.15) is 15.1 Å². The van der Waals surface area contributed by atoms with E-state index in [2.05, 4.69) is 15.1 Å². The fraction of sp³-hybridized carbons (Fsp3) is 0.536. The highest BCUT2D eigenvalue weighted by molar-refractivity contribution is 7.53. The van der Waals surface area contributed by atoms with Crippen molar-refractivity contribution >= 4 is 48.0 Å². The molecule has 0 spiro atoms. The predicted molar refractivity (Wildman–Crippen MR) is 160 cm³/mol. The van der Waals surface area contributed by atoms with Gasteiger partial charge in [0.2, 0.25) is 5.28 Å². The molecule has 3 heterocycles. The zero-order chi connectivity index (χ0) is 31.9. The minimum Gasteiger partial charge on any atom is -0.456 e. The van der Waals surface area contributed by atoms with E-state index in [-0.39, 0.29) is 37.9 Å². The quantitative estimate of drug-likeness (QED) is 0.0999. The smallest absolute Gasteiger partial charge is 0.332 e. The Morgan fingerprint density at radius 2 is 1.70 bits per heavy atom. The van der Waals surface area contributed by atoms with Crippen LogP contribution in [0.4, 0.5) is 5.82 Å². The molecule has 4 rings (SSSR count). The van der Waals surface area contributed by atoms with E-state index in [1.807, 2.05) is 42.3 Å². The lowest BCUT2D eigenvalue weighted by Gasteiger charge is -2.24. The highest BCUT2D eigenvalue weighted by Crippen LogP contribution is 2.47. The summed E-state index contributed by atoms with van der Waals surface area (Å²) >= 11 is 6.37. The first-order valence-electron chi connectivity index (χ1n) is 14.2. The fourth-order valence-electron chi connectivity index (χ4n) is 4.92. The summed E-state index contributed by atoms with van der Waals surface area (Å²) < 4.78 is 48.1. The Bertz CT molecular complexity index is 1470. The number of ether oxygens (including phenoxy) is 4. The van der Waals surface area contributed by atoms with Crippen molar-refractivity contribution in [1.82, 2.24) is 19.7 Å². The summed E-state index contributed by atoms with van der Waals surface area (Å²) in [5.74, 6) is -0.704. The van der Waals surface area contributed by atoms with Gasteiger partial charge in [0.15, 0.2) is 24.1 Å². The van der Waals surface area contributed by atoms with E-state index in [4.69, 9.17) is 39.6 Å². The second kappa shape index (κ2) is 15.2. The van der Waals surface area contributed by atoms with Crippen LogP contribution in [0.25, 0.3) is 11.0 Å². The second-order valence-corrected chi connectivity index (χ2v) is 12.5. The molecule has 0 bridgehead atoms. The average molecular weight is 654 g/mol. The van der Waals surface area contributed by atoms with Crippen LogP contribution in [0.3, 0.4) is 0 Å². The molecule has 14 nitrogen and oxygen atoms in total. The Balaban J connectivity index is 1.61. The normalized spacial score (nSPS) is 20.1. The van der Waals surface area contributed by atoms with Crippen molar-refractivity contribution in [1.29, 1.82) is 0 Å². The largest absolute Gasteiger partial charge is 0.456 e. The number of nitrogens with zero attached hydrogens (tertiary/aromatic N) is 5. The molecule has 0 amide bonds. The number of esters is 2. The summed E-state index contributed by atoms with van der Waals surface area (Å²) in [6.07, 6.45) is -2.53. The molecule has 0 unspecified atom stereocenters. The van der Waals surface area contributed by atoms with Crippen LogP contribution in [-0.4, -0.2) is 89.6 Å². The highest BCUT2D eigenvalue weighted by Gasteiger charge is 2.51. The Kier molecular flexibility index (Phi) is 11.7. The molecule has 1 aromatic carbocycles. The number of benzene rings is 1. The maximum Gasteiger partial charge on any atom is 0.332 e. The minimum absolute atomic E-state index is 0.00885. The van der Waals surface area contributed by atoms with Crippen molar-refractivity contribution in [3.05, 3.63) is 47.4 Å². The van der Waals surface area contributed by atoms with Crippen molar-refractivity contribution in [3.8, 4) is 0 Å². The van der Waals surface area contributed by atoms with Crippen molar-refractivity contribution < 1.29 is 42.1 Å². The van der Waals surface area contributed by atoms with Gasteiger partial charge < -0.3 is 32.9 Å². The van der Waals surface area contributed by atoms with Gasteiger partial charge in [0.25, 0.3) is 0 Å². The summed E-state index contributed by atoms with van der Waals surface area (Å²) in [4.78, 5) is 35.1. The molecule has 2 aromatic heterocycles. The number of carbonyl (C=O) groups is 2. The van der Waals surface area contributed by atoms with Gasteiger partial charge in [0.1, 0.15) is 11.9 Å². The van der Waals surface area contributed by atoms with E-state index in [9.17, 15) is 14.2 Å². The number of rotatable bonds is 15. The number of anilines is 1. The van der Waals surface area contributed by atoms with Crippen LogP contribution in [0.15, 0.2) is 36.5 Å². The number of hydrogen-bond acceptors (Lipinski definition) is 13. The van der Waals surface area contributed by atoms with Crippen LogP contribution < -0.4 is 4.90 Å². The Morgan fingerprint density at radius 1 is 1.05 bits per heavy atom. The van der Waals surface area contributed by atoms with Gasteiger partial charge in [0, 0.05) is 27.4 Å². The number of hydrogen-bond donors (Lipinski definition) is 0. The van der Waals surface area contributed by atoms with E-state index in [1.165, 1.54) is 18.5 Å². The molecule has 1 aliphatic heterocycles. The lowest BCUT2D eigenvalue weighted by Crippen LogP contribution is -2.40. The third kappa shape index (κ3) is 8.32. The van der Waals surface area contributed by atoms with Crippen LogP contribution in [0.1, 0.15) is 39.5 Å². The SMILES string of the molecule is CCOP(=O)(CCOC[C@H]1O[C@@H](n2ncc3c(N(C)Cc4ccccc4)nc(Cl)nc32)[C@H](OC(C)=O)[C@@H]1OC(C)=O)OCC. The molecule has 0 N–H and O–H groups in total. The number of aromatic nitrogens is 4. The van der Waals surface area contributed by atoms with E-state index in [0.29, 0.717) is 23.4 Å². The average Bonchev–Trinajstić information content (AvgIpc) is 3.52. The lowest BCUT2D eigenvalue weighted by atomic mass is 10.1. The molecule has 16 heteroatoms. The molecule has 44 heavy (non-hydrogen) atoms. The Hall–Kier alpha value is -3.13.